The average Bonchev–Trinajstić information content (AvgIpc) is 3.52. The molecule has 1 atom stereocenters. The average molecular weight is 600 g/mol. The van der Waals surface area contributed by atoms with Gasteiger partial charge in [-0.15, -0.1) is 0 Å². The molecular formula is C44H29N3. The second-order valence-corrected chi connectivity index (χ2v) is 12.2. The third-order valence-corrected chi connectivity index (χ3v) is 9.46. The van der Waals surface area contributed by atoms with Crippen molar-refractivity contribution in [2.24, 2.45) is 5.92 Å². The first-order valence-electron chi connectivity index (χ1n) is 16.1. The molecule has 2 aliphatic rings. The molecule has 0 saturated heterocycles. The fourth-order valence-corrected chi connectivity index (χ4v) is 7.29. The molecular weight excluding hydrogens is 571 g/mol. The van der Waals surface area contributed by atoms with Crippen LogP contribution in [0.4, 0.5) is 0 Å². The number of hydrogen-bond donors (Lipinski definition) is 0. The summed E-state index contributed by atoms with van der Waals surface area (Å²) in [4.78, 5) is 0. The maximum absolute atomic E-state index is 9.54. The molecule has 5 aromatic carbocycles. The number of nitrogens with zero attached hydrogens (tertiary/aromatic N) is 3. The number of fused-ring (bicyclic) bond motifs is 6. The van der Waals surface area contributed by atoms with Crippen LogP contribution in [0.2, 0.25) is 0 Å². The molecule has 0 amide bonds. The minimum absolute atomic E-state index is 0.0881. The van der Waals surface area contributed by atoms with E-state index < -0.39 is 0 Å². The van der Waals surface area contributed by atoms with Crippen LogP contribution in [0.15, 0.2) is 140 Å². The highest BCUT2D eigenvalue weighted by molar-refractivity contribution is 6.09. The Morgan fingerprint density at radius 3 is 2.09 bits per heavy atom. The van der Waals surface area contributed by atoms with Gasteiger partial charge in [-0.2, -0.15) is 5.26 Å². The van der Waals surface area contributed by atoms with Crippen molar-refractivity contribution in [3.63, 3.8) is 0 Å². The third kappa shape index (κ3) is 4.37. The summed E-state index contributed by atoms with van der Waals surface area (Å²) in [7, 11) is 0. The fraction of sp³-hybridized carbons (Fsp3) is 0.0682. The van der Waals surface area contributed by atoms with Crippen molar-refractivity contribution in [3.8, 4) is 40.4 Å². The van der Waals surface area contributed by atoms with E-state index in [-0.39, 0.29) is 5.92 Å². The Morgan fingerprint density at radius 1 is 0.660 bits per heavy atom. The van der Waals surface area contributed by atoms with Crippen molar-refractivity contribution < 1.29 is 0 Å². The normalized spacial score (nSPS) is 15.2. The number of hydrogen-bond acceptors (Lipinski definition) is 1. The van der Waals surface area contributed by atoms with Crippen LogP contribution in [0, 0.1) is 29.1 Å². The van der Waals surface area contributed by atoms with Crippen molar-refractivity contribution in [2.45, 2.75) is 12.8 Å². The lowest BCUT2D eigenvalue weighted by Crippen LogP contribution is -2.01. The standard InChI is InChI=1S/C44H29N3/c45-29-30-21-23-31(24-22-30)35-26-25-34(47-43-19-8-5-15-38(43)39-16-6-9-20-44(39)47)28-40(35)32-11-10-12-33(27-32)46-41-17-3-1-2-13-36(41)37-14-4-7-18-42(37)46/h2,4-16,18-21,23-28,30H,1,22H2. The lowest BCUT2D eigenvalue weighted by Gasteiger charge is -2.18. The second-order valence-electron chi connectivity index (χ2n) is 12.2. The number of aromatic nitrogens is 2. The Morgan fingerprint density at radius 2 is 1.36 bits per heavy atom. The maximum atomic E-state index is 9.54. The zero-order chi connectivity index (χ0) is 31.3. The highest BCUT2D eigenvalue weighted by atomic mass is 15.0. The summed E-state index contributed by atoms with van der Waals surface area (Å²) in [5.74, 6) is 6.72. The number of allylic oxidation sites excluding steroid dienone is 5. The topological polar surface area (TPSA) is 33.6 Å². The summed E-state index contributed by atoms with van der Waals surface area (Å²) in [5.41, 5.74) is 12.5. The van der Waals surface area contributed by atoms with Crippen LogP contribution in [0.25, 0.3) is 66.9 Å². The van der Waals surface area contributed by atoms with Crippen molar-refractivity contribution in [1.29, 1.82) is 5.26 Å². The van der Waals surface area contributed by atoms with Crippen LogP contribution in [-0.4, -0.2) is 9.13 Å². The van der Waals surface area contributed by atoms with E-state index in [1.54, 1.807) is 0 Å². The predicted molar refractivity (Wildman–Crippen MR) is 194 cm³/mol. The number of rotatable bonds is 4. The number of nitriles is 1. The van der Waals surface area contributed by atoms with Crippen LogP contribution in [0.1, 0.15) is 29.7 Å². The molecule has 0 spiro atoms. The molecule has 0 radical (unpaired) electrons. The molecule has 1 unspecified atom stereocenters. The van der Waals surface area contributed by atoms with Gasteiger partial charge in [0.25, 0.3) is 0 Å². The fourth-order valence-electron chi connectivity index (χ4n) is 7.29. The molecule has 220 valence electrons. The van der Waals surface area contributed by atoms with Gasteiger partial charge >= 0.3 is 0 Å². The Bertz CT molecular complexity index is 2550. The van der Waals surface area contributed by atoms with Crippen LogP contribution < -0.4 is 0 Å². The van der Waals surface area contributed by atoms with Crippen molar-refractivity contribution >= 4 is 44.4 Å². The highest BCUT2D eigenvalue weighted by Crippen LogP contribution is 2.39. The lowest BCUT2D eigenvalue weighted by molar-refractivity contribution is 0.840. The number of para-hydroxylation sites is 3. The van der Waals surface area contributed by atoms with Gasteiger partial charge in [-0.25, -0.2) is 0 Å². The summed E-state index contributed by atoms with van der Waals surface area (Å²) in [5, 5.41) is 13.2. The van der Waals surface area contributed by atoms with Crippen LogP contribution in [0.3, 0.4) is 0 Å². The largest absolute Gasteiger partial charge is 0.309 e. The first kappa shape index (κ1) is 27.1. The molecule has 7 aromatic rings. The van der Waals surface area contributed by atoms with Crippen LogP contribution >= 0.6 is 0 Å². The molecule has 3 nitrogen and oxygen atoms in total. The van der Waals surface area contributed by atoms with E-state index >= 15 is 0 Å². The van der Waals surface area contributed by atoms with Crippen molar-refractivity contribution in [3.05, 3.63) is 156 Å². The monoisotopic (exact) mass is 599 g/mol. The minimum atomic E-state index is -0.0881. The molecule has 0 aliphatic heterocycles. The van der Waals surface area contributed by atoms with E-state index in [1.807, 2.05) is 6.08 Å². The first-order valence-corrected chi connectivity index (χ1v) is 16.1. The zero-order valence-electron chi connectivity index (χ0n) is 25.7. The summed E-state index contributed by atoms with van der Waals surface area (Å²) in [6.07, 6.45) is 12.2. The molecule has 2 aliphatic carbocycles. The smallest absolute Gasteiger partial charge is 0.105 e. The molecule has 0 N–H and O–H groups in total. The summed E-state index contributed by atoms with van der Waals surface area (Å²) in [6, 6.07) is 43.9. The second kappa shape index (κ2) is 11.0. The highest BCUT2D eigenvalue weighted by Gasteiger charge is 2.19. The van der Waals surface area contributed by atoms with Gasteiger partial charge in [0.1, 0.15) is 5.69 Å². The predicted octanol–water partition coefficient (Wildman–Crippen LogP) is 10.6. The van der Waals surface area contributed by atoms with Gasteiger partial charge in [0, 0.05) is 39.5 Å². The van der Waals surface area contributed by atoms with E-state index in [2.05, 4.69) is 167 Å². The van der Waals surface area contributed by atoms with Gasteiger partial charge in [0.2, 0.25) is 0 Å². The van der Waals surface area contributed by atoms with E-state index in [0.717, 1.165) is 51.3 Å². The van der Waals surface area contributed by atoms with E-state index in [4.69, 9.17) is 0 Å². The van der Waals surface area contributed by atoms with Gasteiger partial charge in [0.05, 0.1) is 28.5 Å². The van der Waals surface area contributed by atoms with Gasteiger partial charge in [0.15, 0.2) is 0 Å². The zero-order valence-corrected chi connectivity index (χ0v) is 25.7. The quantitative estimate of drug-likeness (QED) is 0.185. The van der Waals surface area contributed by atoms with Crippen molar-refractivity contribution in [2.75, 3.05) is 0 Å². The molecule has 9 rings (SSSR count). The molecule has 0 bridgehead atoms. The summed E-state index contributed by atoms with van der Waals surface area (Å²) < 4.78 is 4.68. The SMILES string of the molecule is N#CC1C=CC(c2ccc(-n3c4ccccc4c4ccccc43)cc2-c2cccc(-n3c4c(c5ccccc53)C=CCC#C4)c2)=CC1. The molecule has 0 saturated carbocycles. The molecule has 2 heterocycles. The lowest BCUT2D eigenvalue weighted by atomic mass is 9.88. The van der Waals surface area contributed by atoms with Gasteiger partial charge < -0.3 is 9.13 Å². The molecule has 3 heteroatoms. The number of benzene rings is 5. The van der Waals surface area contributed by atoms with Crippen LogP contribution in [0.5, 0.6) is 0 Å². The Balaban J connectivity index is 1.28. The maximum Gasteiger partial charge on any atom is 0.105 e. The van der Waals surface area contributed by atoms with Crippen LogP contribution in [-0.2, 0) is 0 Å². The van der Waals surface area contributed by atoms with Crippen molar-refractivity contribution in [1.82, 2.24) is 9.13 Å². The first-order chi connectivity index (χ1) is 23.3. The summed E-state index contributed by atoms with van der Waals surface area (Å²) >= 11 is 0. The van der Waals surface area contributed by atoms with Gasteiger partial charge in [-0.3, -0.25) is 0 Å². The van der Waals surface area contributed by atoms with Gasteiger partial charge in [-0.05, 0) is 77.1 Å². The Kier molecular flexibility index (Phi) is 6.30. The van der Waals surface area contributed by atoms with E-state index in [0.29, 0.717) is 6.42 Å². The van der Waals surface area contributed by atoms with Gasteiger partial charge in [-0.1, -0.05) is 109 Å². The summed E-state index contributed by atoms with van der Waals surface area (Å²) in [6.45, 7) is 0. The Hall–Kier alpha value is -6.29. The Labute approximate surface area is 273 Å². The molecule has 0 fully saturated rings. The minimum Gasteiger partial charge on any atom is -0.309 e. The van der Waals surface area contributed by atoms with E-state index in [1.165, 1.54) is 32.8 Å². The molecule has 2 aromatic heterocycles. The third-order valence-electron chi connectivity index (χ3n) is 9.46. The van der Waals surface area contributed by atoms with E-state index in [9.17, 15) is 5.26 Å². The molecule has 47 heavy (non-hydrogen) atoms.